The minimum Gasteiger partial charge on any atom is -0.319 e. The van der Waals surface area contributed by atoms with E-state index in [-0.39, 0.29) is 12.3 Å². The van der Waals surface area contributed by atoms with E-state index in [9.17, 15) is 18.8 Å². The van der Waals surface area contributed by atoms with Crippen LogP contribution in [0.2, 0.25) is 0 Å². The first-order valence-electron chi connectivity index (χ1n) is 9.43. The Kier molecular flexibility index (Phi) is 5.58. The Balaban J connectivity index is 1.81. The quantitative estimate of drug-likeness (QED) is 0.585. The molecule has 0 spiro atoms. The number of rotatable bonds is 7. The molecule has 1 saturated heterocycles. The maximum atomic E-state index is 13.3. The third-order valence-electron chi connectivity index (χ3n) is 5.16. The van der Waals surface area contributed by atoms with Gasteiger partial charge in [0.1, 0.15) is 11.4 Å². The zero-order valence-corrected chi connectivity index (χ0v) is 16.0. The Hall–Kier alpha value is -3.02. The summed E-state index contributed by atoms with van der Waals surface area (Å²) in [5.74, 6) is -1.23. The summed E-state index contributed by atoms with van der Waals surface area (Å²) in [6.45, 7) is 3.51. The molecule has 0 aliphatic carbocycles. The number of imide groups is 1. The van der Waals surface area contributed by atoms with Crippen molar-refractivity contribution in [2.45, 2.75) is 38.6 Å². The third-order valence-corrected chi connectivity index (χ3v) is 5.16. The Bertz CT molecular complexity index is 893. The molecule has 0 unspecified atom stereocenters. The van der Waals surface area contributed by atoms with Crippen LogP contribution in [0.5, 0.6) is 0 Å². The van der Waals surface area contributed by atoms with Crippen molar-refractivity contribution < 1.29 is 18.8 Å². The van der Waals surface area contributed by atoms with Gasteiger partial charge in [-0.25, -0.2) is 9.18 Å². The predicted molar refractivity (Wildman–Crippen MR) is 103 cm³/mol. The van der Waals surface area contributed by atoms with Gasteiger partial charge in [0.2, 0.25) is 0 Å². The summed E-state index contributed by atoms with van der Waals surface area (Å²) in [6.07, 6.45) is 2.23. The van der Waals surface area contributed by atoms with Crippen molar-refractivity contribution in [3.8, 4) is 0 Å². The number of ketones is 1. The lowest BCUT2D eigenvalue weighted by molar-refractivity contribution is -0.131. The topological polar surface area (TPSA) is 66.5 Å². The van der Waals surface area contributed by atoms with E-state index in [0.717, 1.165) is 23.3 Å². The summed E-state index contributed by atoms with van der Waals surface area (Å²) in [5.41, 5.74) is 0.802. The minimum absolute atomic E-state index is 0.291. The second-order valence-corrected chi connectivity index (χ2v) is 6.96. The summed E-state index contributed by atoms with van der Waals surface area (Å²) in [5, 5.41) is 2.70. The molecule has 0 aromatic heterocycles. The number of hydrogen-bond donors (Lipinski definition) is 1. The molecule has 1 fully saturated rings. The van der Waals surface area contributed by atoms with Crippen LogP contribution in [0, 0.1) is 5.82 Å². The molecule has 0 radical (unpaired) electrons. The molecule has 1 aliphatic heterocycles. The van der Waals surface area contributed by atoms with Crippen LogP contribution in [-0.2, 0) is 16.8 Å². The largest absolute Gasteiger partial charge is 0.325 e. The van der Waals surface area contributed by atoms with Gasteiger partial charge in [-0.3, -0.25) is 14.5 Å². The van der Waals surface area contributed by atoms with Gasteiger partial charge < -0.3 is 5.32 Å². The number of Topliss-reactive ketones (excluding diaryl/α,β-unsaturated/α-hetero) is 1. The first kappa shape index (κ1) is 19.7. The monoisotopic (exact) mass is 382 g/mol. The number of carbonyl (C=O) groups is 3. The van der Waals surface area contributed by atoms with Crippen molar-refractivity contribution in [3.05, 3.63) is 71.0 Å². The molecule has 1 N–H and O–H groups in total. The van der Waals surface area contributed by atoms with Crippen LogP contribution < -0.4 is 5.32 Å². The number of hydrogen-bond acceptors (Lipinski definition) is 3. The van der Waals surface area contributed by atoms with E-state index in [1.165, 1.54) is 24.3 Å². The molecule has 0 saturated carbocycles. The van der Waals surface area contributed by atoms with Gasteiger partial charge in [-0.1, -0.05) is 56.7 Å². The number of benzene rings is 2. The second-order valence-electron chi connectivity index (χ2n) is 6.96. The molecule has 1 heterocycles. The van der Waals surface area contributed by atoms with Gasteiger partial charge in [0.05, 0.1) is 6.54 Å². The van der Waals surface area contributed by atoms with Gasteiger partial charge in [0.25, 0.3) is 5.91 Å². The van der Waals surface area contributed by atoms with Crippen LogP contribution in [0.25, 0.3) is 0 Å². The summed E-state index contributed by atoms with van der Waals surface area (Å²) in [4.78, 5) is 39.1. The SMILES string of the molecule is CCCc1ccc(C(=O)CN2C(=O)N[C@@](CC)(c3ccc(F)cc3)C2=O)cc1. The Morgan fingerprint density at radius 2 is 1.68 bits per heavy atom. The zero-order chi connectivity index (χ0) is 20.3. The summed E-state index contributed by atoms with van der Waals surface area (Å²) < 4.78 is 13.3. The number of nitrogens with one attached hydrogen (secondary N) is 1. The fraction of sp³-hybridized carbons (Fsp3) is 0.318. The molecule has 1 atom stereocenters. The van der Waals surface area contributed by atoms with Gasteiger partial charge in [0, 0.05) is 5.56 Å². The van der Waals surface area contributed by atoms with E-state index in [4.69, 9.17) is 0 Å². The molecule has 0 bridgehead atoms. The number of carbonyl (C=O) groups excluding carboxylic acids is 3. The Morgan fingerprint density at radius 3 is 2.25 bits per heavy atom. The van der Waals surface area contributed by atoms with Crippen molar-refractivity contribution in [2.24, 2.45) is 0 Å². The minimum atomic E-state index is -1.28. The number of urea groups is 1. The van der Waals surface area contributed by atoms with Crippen LogP contribution in [0.15, 0.2) is 48.5 Å². The van der Waals surface area contributed by atoms with Crippen molar-refractivity contribution in [3.63, 3.8) is 0 Å². The normalized spacial score (nSPS) is 19.0. The average Bonchev–Trinajstić information content (AvgIpc) is 2.94. The Morgan fingerprint density at radius 1 is 1.04 bits per heavy atom. The van der Waals surface area contributed by atoms with Crippen LogP contribution >= 0.6 is 0 Å². The molecule has 28 heavy (non-hydrogen) atoms. The lowest BCUT2D eigenvalue weighted by Gasteiger charge is -2.25. The lowest BCUT2D eigenvalue weighted by Crippen LogP contribution is -2.43. The number of nitrogens with zero attached hydrogens (tertiary/aromatic N) is 1. The lowest BCUT2D eigenvalue weighted by atomic mass is 9.87. The van der Waals surface area contributed by atoms with Crippen LogP contribution in [0.4, 0.5) is 9.18 Å². The fourth-order valence-electron chi connectivity index (χ4n) is 3.52. The van der Waals surface area contributed by atoms with Gasteiger partial charge in [-0.2, -0.15) is 0 Å². The molecular weight excluding hydrogens is 359 g/mol. The average molecular weight is 382 g/mol. The third kappa shape index (κ3) is 3.54. The summed E-state index contributed by atoms with van der Waals surface area (Å²) >= 11 is 0. The molecule has 146 valence electrons. The molecular formula is C22H23FN2O3. The van der Waals surface area contributed by atoms with Crippen LogP contribution in [0.1, 0.15) is 48.2 Å². The first-order valence-corrected chi connectivity index (χ1v) is 9.43. The van der Waals surface area contributed by atoms with Gasteiger partial charge in [-0.05, 0) is 36.1 Å². The van der Waals surface area contributed by atoms with Gasteiger partial charge in [0.15, 0.2) is 5.78 Å². The zero-order valence-electron chi connectivity index (χ0n) is 16.0. The van der Waals surface area contributed by atoms with Crippen LogP contribution in [-0.4, -0.2) is 29.2 Å². The van der Waals surface area contributed by atoms with Crippen LogP contribution in [0.3, 0.4) is 0 Å². The fourth-order valence-corrected chi connectivity index (χ4v) is 3.52. The highest BCUT2D eigenvalue weighted by Crippen LogP contribution is 2.32. The van der Waals surface area contributed by atoms with Gasteiger partial charge >= 0.3 is 6.03 Å². The molecule has 3 rings (SSSR count). The van der Waals surface area contributed by atoms with Crippen molar-refractivity contribution in [1.82, 2.24) is 10.2 Å². The van der Waals surface area contributed by atoms with Crippen molar-refractivity contribution >= 4 is 17.7 Å². The highest BCUT2D eigenvalue weighted by atomic mass is 19.1. The molecule has 1 aliphatic rings. The predicted octanol–water partition coefficient (Wildman–Crippen LogP) is 3.82. The highest BCUT2D eigenvalue weighted by Gasteiger charge is 2.51. The number of aryl methyl sites for hydroxylation is 1. The van der Waals surface area contributed by atoms with E-state index < -0.39 is 23.3 Å². The number of amides is 3. The van der Waals surface area contributed by atoms with Crippen molar-refractivity contribution in [2.75, 3.05) is 6.54 Å². The molecule has 2 aromatic carbocycles. The molecule has 2 aromatic rings. The Labute approximate surface area is 163 Å². The summed E-state index contributed by atoms with van der Waals surface area (Å²) in [7, 11) is 0. The highest BCUT2D eigenvalue weighted by molar-refractivity contribution is 6.11. The van der Waals surface area contributed by atoms with E-state index in [1.807, 2.05) is 12.1 Å². The first-order chi connectivity index (χ1) is 13.4. The maximum Gasteiger partial charge on any atom is 0.325 e. The van der Waals surface area contributed by atoms with Crippen molar-refractivity contribution in [1.29, 1.82) is 0 Å². The van der Waals surface area contributed by atoms with E-state index >= 15 is 0 Å². The van der Waals surface area contributed by atoms with Gasteiger partial charge in [-0.15, -0.1) is 0 Å². The maximum absolute atomic E-state index is 13.3. The molecule has 6 heteroatoms. The van der Waals surface area contributed by atoms with E-state index in [2.05, 4.69) is 12.2 Å². The smallest absolute Gasteiger partial charge is 0.319 e. The number of halogens is 1. The molecule has 5 nitrogen and oxygen atoms in total. The second kappa shape index (κ2) is 7.92. The standard InChI is InChI=1S/C22H23FN2O3/c1-3-5-15-6-8-16(9-7-15)19(26)14-25-20(27)22(4-2,24-21(25)28)17-10-12-18(23)13-11-17/h6-13H,3-5,14H2,1-2H3,(H,24,28)/t22-/m0/s1. The summed E-state index contributed by atoms with van der Waals surface area (Å²) in [6, 6.07) is 12.1. The van der Waals surface area contributed by atoms with E-state index in [1.54, 1.807) is 19.1 Å². The molecule has 3 amide bonds. The van der Waals surface area contributed by atoms with E-state index in [0.29, 0.717) is 17.5 Å².